The summed E-state index contributed by atoms with van der Waals surface area (Å²) in [5.41, 5.74) is -0.352. The Kier molecular flexibility index (Phi) is 9.08. The summed E-state index contributed by atoms with van der Waals surface area (Å²) in [6.45, 7) is 4.70. The van der Waals surface area contributed by atoms with Crippen molar-refractivity contribution in [2.45, 2.75) is 38.6 Å². The molecule has 0 aliphatic heterocycles. The average Bonchev–Trinajstić information content (AvgIpc) is 2.10. The Morgan fingerprint density at radius 2 is 1.65 bits per heavy atom. The van der Waals surface area contributed by atoms with Crippen molar-refractivity contribution in [2.75, 3.05) is 27.7 Å². The van der Waals surface area contributed by atoms with Gasteiger partial charge in [0, 0.05) is 12.0 Å². The highest BCUT2D eigenvalue weighted by Gasteiger charge is 2.25. The minimum absolute atomic E-state index is 0. The first-order chi connectivity index (χ1) is 7.04. The number of ketones is 1. The minimum Gasteiger partial charge on any atom is -1.00 e. The molecule has 0 aliphatic carbocycles. The van der Waals surface area contributed by atoms with Crippen LogP contribution in [0.15, 0.2) is 0 Å². The van der Waals surface area contributed by atoms with Crippen LogP contribution in [0.1, 0.15) is 33.1 Å². The van der Waals surface area contributed by atoms with Gasteiger partial charge in [0.1, 0.15) is 5.78 Å². The second kappa shape index (κ2) is 7.80. The SMILES string of the molecule is CC(C)(CCC(=O)CC[N+](C)(C)C)N(Cl)Cl.[Cl-]. The van der Waals surface area contributed by atoms with E-state index in [0.29, 0.717) is 19.3 Å². The molecule has 0 aromatic heterocycles. The van der Waals surface area contributed by atoms with Crippen molar-refractivity contribution in [1.29, 1.82) is 0 Å². The van der Waals surface area contributed by atoms with Gasteiger partial charge in [0.15, 0.2) is 0 Å². The Bertz CT molecular complexity index is 237. The standard InChI is InChI=1S/C11H23Cl2N2O.ClH/c1-11(2,14(12)13)8-6-10(16)7-9-15(3,4)5;/h6-9H2,1-5H3;1H/q+1;/p-1. The Labute approximate surface area is 121 Å². The molecule has 104 valence electrons. The molecule has 0 rings (SSSR count). The van der Waals surface area contributed by atoms with Crippen molar-refractivity contribution in [3.63, 3.8) is 0 Å². The van der Waals surface area contributed by atoms with Gasteiger partial charge in [-0.2, -0.15) is 0 Å². The van der Waals surface area contributed by atoms with Crippen LogP contribution < -0.4 is 12.4 Å². The monoisotopic (exact) mass is 304 g/mol. The van der Waals surface area contributed by atoms with Gasteiger partial charge in [-0.15, -0.1) is 3.94 Å². The number of carbonyl (C=O) groups is 1. The first-order valence-electron chi connectivity index (χ1n) is 5.48. The van der Waals surface area contributed by atoms with Crippen LogP contribution in [0.3, 0.4) is 0 Å². The topological polar surface area (TPSA) is 20.3 Å². The van der Waals surface area contributed by atoms with E-state index in [-0.39, 0.29) is 23.7 Å². The molecule has 0 aromatic rings. The van der Waals surface area contributed by atoms with Crippen molar-refractivity contribution in [2.24, 2.45) is 0 Å². The summed E-state index contributed by atoms with van der Waals surface area (Å²) < 4.78 is 1.94. The second-order valence-corrected chi connectivity index (χ2v) is 6.70. The fourth-order valence-corrected chi connectivity index (χ4v) is 1.28. The lowest BCUT2D eigenvalue weighted by Gasteiger charge is -2.27. The summed E-state index contributed by atoms with van der Waals surface area (Å²) in [5, 5.41) is 0. The maximum atomic E-state index is 11.6. The zero-order valence-corrected chi connectivity index (χ0v) is 13.5. The molecule has 0 fully saturated rings. The Balaban J connectivity index is 0. The summed E-state index contributed by atoms with van der Waals surface area (Å²) in [6.07, 6.45) is 1.82. The molecule has 0 amide bonds. The molecule has 0 bridgehead atoms. The Hall–Kier alpha value is 0.460. The first-order valence-corrected chi connectivity index (χ1v) is 6.16. The third kappa shape index (κ3) is 10.1. The van der Waals surface area contributed by atoms with Crippen LogP contribution in [0, 0.1) is 0 Å². The van der Waals surface area contributed by atoms with E-state index in [4.69, 9.17) is 23.6 Å². The maximum Gasteiger partial charge on any atom is 0.138 e. The van der Waals surface area contributed by atoms with E-state index in [1.807, 2.05) is 13.8 Å². The number of Topliss-reactive ketones (excluding diaryl/α,β-unsaturated/α-hetero) is 1. The van der Waals surface area contributed by atoms with Crippen molar-refractivity contribution in [1.82, 2.24) is 3.94 Å². The molecule has 0 radical (unpaired) electrons. The van der Waals surface area contributed by atoms with Crippen LogP contribution in [0.4, 0.5) is 0 Å². The van der Waals surface area contributed by atoms with Crippen molar-refractivity contribution in [3.8, 4) is 0 Å². The molecule has 0 aliphatic rings. The number of hydrogen-bond acceptors (Lipinski definition) is 2. The van der Waals surface area contributed by atoms with E-state index in [2.05, 4.69) is 21.1 Å². The van der Waals surface area contributed by atoms with Crippen LogP contribution in [-0.4, -0.2) is 47.4 Å². The van der Waals surface area contributed by atoms with Gasteiger partial charge < -0.3 is 16.9 Å². The van der Waals surface area contributed by atoms with Crippen molar-refractivity contribution in [3.05, 3.63) is 0 Å². The Morgan fingerprint density at radius 3 is 2.00 bits per heavy atom. The van der Waals surface area contributed by atoms with E-state index in [1.54, 1.807) is 0 Å². The number of carbonyl (C=O) groups excluding carboxylic acids is 1. The molecule has 0 aromatic carbocycles. The fraction of sp³-hybridized carbons (Fsp3) is 0.909. The van der Waals surface area contributed by atoms with Crippen molar-refractivity contribution < 1.29 is 21.7 Å². The third-order valence-electron chi connectivity index (χ3n) is 2.53. The summed E-state index contributed by atoms with van der Waals surface area (Å²) in [6, 6.07) is 0. The molecule has 0 heterocycles. The van der Waals surface area contributed by atoms with Gasteiger partial charge in [-0.3, -0.25) is 4.79 Å². The predicted octanol–water partition coefficient (Wildman–Crippen LogP) is -0.176. The summed E-state index contributed by atoms with van der Waals surface area (Å²) in [5.74, 6) is 0.274. The lowest BCUT2D eigenvalue weighted by atomic mass is 9.97. The summed E-state index contributed by atoms with van der Waals surface area (Å²) in [4.78, 5) is 11.6. The molecule has 0 saturated carbocycles. The summed E-state index contributed by atoms with van der Waals surface area (Å²) >= 11 is 11.4. The highest BCUT2D eigenvalue weighted by atomic mass is 35.5. The van der Waals surface area contributed by atoms with Gasteiger partial charge in [-0.05, 0) is 43.8 Å². The van der Waals surface area contributed by atoms with E-state index in [0.717, 1.165) is 15.0 Å². The Morgan fingerprint density at radius 1 is 1.18 bits per heavy atom. The smallest absolute Gasteiger partial charge is 0.138 e. The molecule has 0 spiro atoms. The van der Waals surface area contributed by atoms with Gasteiger partial charge >= 0.3 is 0 Å². The normalized spacial score (nSPS) is 12.5. The summed E-state index contributed by atoms with van der Waals surface area (Å²) in [7, 11) is 6.24. The van der Waals surface area contributed by atoms with Gasteiger partial charge in [0.25, 0.3) is 0 Å². The highest BCUT2D eigenvalue weighted by Crippen LogP contribution is 2.25. The molecule has 0 saturated heterocycles. The van der Waals surface area contributed by atoms with Crippen LogP contribution in [0.2, 0.25) is 0 Å². The van der Waals surface area contributed by atoms with Crippen LogP contribution in [-0.2, 0) is 4.79 Å². The molecule has 0 N–H and O–H groups in total. The second-order valence-electron chi connectivity index (χ2n) is 5.85. The van der Waals surface area contributed by atoms with E-state index >= 15 is 0 Å². The largest absolute Gasteiger partial charge is 1.00 e. The predicted molar refractivity (Wildman–Crippen MR) is 69.4 cm³/mol. The maximum absolute atomic E-state index is 11.6. The number of nitrogens with zero attached hydrogens (tertiary/aromatic N) is 2. The molecular weight excluding hydrogens is 282 g/mol. The van der Waals surface area contributed by atoms with Gasteiger partial charge in [0.2, 0.25) is 0 Å². The van der Waals surface area contributed by atoms with Crippen LogP contribution in [0.25, 0.3) is 0 Å². The average molecular weight is 306 g/mol. The number of rotatable bonds is 7. The zero-order valence-electron chi connectivity index (χ0n) is 11.3. The van der Waals surface area contributed by atoms with E-state index in [1.165, 1.54) is 0 Å². The molecule has 3 nitrogen and oxygen atoms in total. The minimum atomic E-state index is -0.352. The van der Waals surface area contributed by atoms with Gasteiger partial charge in [0.05, 0.1) is 34.1 Å². The lowest BCUT2D eigenvalue weighted by Crippen LogP contribution is -3.00. The van der Waals surface area contributed by atoms with Crippen molar-refractivity contribution >= 4 is 29.3 Å². The molecule has 6 heteroatoms. The number of halogens is 3. The van der Waals surface area contributed by atoms with Crippen LogP contribution >= 0.6 is 23.6 Å². The third-order valence-corrected chi connectivity index (χ3v) is 3.45. The number of quaternary nitrogens is 1. The highest BCUT2D eigenvalue weighted by molar-refractivity contribution is 6.34. The molecule has 17 heavy (non-hydrogen) atoms. The van der Waals surface area contributed by atoms with E-state index < -0.39 is 0 Å². The molecular formula is C11H23Cl3N2O. The molecule has 0 unspecified atom stereocenters. The lowest BCUT2D eigenvalue weighted by molar-refractivity contribution is -0.869. The fourth-order valence-electron chi connectivity index (χ4n) is 1.11. The van der Waals surface area contributed by atoms with Gasteiger partial charge in [-0.1, -0.05) is 0 Å². The van der Waals surface area contributed by atoms with E-state index in [9.17, 15) is 4.79 Å². The van der Waals surface area contributed by atoms with Gasteiger partial charge in [-0.25, -0.2) is 0 Å². The molecule has 0 atom stereocenters. The zero-order chi connectivity index (χ0) is 13.0. The van der Waals surface area contributed by atoms with Crippen LogP contribution in [0.5, 0.6) is 0 Å². The first kappa shape index (κ1) is 19.8. The number of hydrogen-bond donors (Lipinski definition) is 0. The quantitative estimate of drug-likeness (QED) is 0.481.